The van der Waals surface area contributed by atoms with Gasteiger partial charge in [0.1, 0.15) is 17.8 Å². The second-order valence-corrected chi connectivity index (χ2v) is 5.49. The molecular formula is C15H17BrN4O. The Balaban J connectivity index is 2.10. The molecule has 2 rings (SSSR count). The summed E-state index contributed by atoms with van der Waals surface area (Å²) >= 11 is 3.43. The van der Waals surface area contributed by atoms with Gasteiger partial charge in [-0.2, -0.15) is 0 Å². The molecule has 5 nitrogen and oxygen atoms in total. The first-order valence-electron chi connectivity index (χ1n) is 6.73. The Kier molecular flexibility index (Phi) is 5.27. The zero-order valence-electron chi connectivity index (χ0n) is 12.0. The van der Waals surface area contributed by atoms with E-state index < -0.39 is 0 Å². The third-order valence-electron chi connectivity index (χ3n) is 2.87. The Hall–Kier alpha value is -1.95. The van der Waals surface area contributed by atoms with E-state index in [4.69, 9.17) is 0 Å². The Morgan fingerprint density at radius 1 is 1.29 bits per heavy atom. The van der Waals surface area contributed by atoms with Crippen molar-refractivity contribution in [3.63, 3.8) is 0 Å². The Morgan fingerprint density at radius 3 is 2.81 bits per heavy atom. The number of nitrogens with zero attached hydrogens (tertiary/aromatic N) is 2. The summed E-state index contributed by atoms with van der Waals surface area (Å²) in [6.45, 7) is 4.85. The summed E-state index contributed by atoms with van der Waals surface area (Å²) in [5, 5.41) is 5.96. The van der Waals surface area contributed by atoms with Gasteiger partial charge in [-0.05, 0) is 37.1 Å². The summed E-state index contributed by atoms with van der Waals surface area (Å²) < 4.78 is 1.01. The fourth-order valence-electron chi connectivity index (χ4n) is 1.75. The fourth-order valence-corrected chi connectivity index (χ4v) is 2.00. The molecule has 2 N–H and O–H groups in total. The van der Waals surface area contributed by atoms with Gasteiger partial charge in [0, 0.05) is 22.8 Å². The molecule has 2 aromatic rings. The maximum atomic E-state index is 12.2. The predicted octanol–water partition coefficient (Wildman–Crippen LogP) is 3.62. The van der Waals surface area contributed by atoms with Gasteiger partial charge in [-0.25, -0.2) is 9.97 Å². The van der Waals surface area contributed by atoms with Gasteiger partial charge < -0.3 is 10.6 Å². The van der Waals surface area contributed by atoms with Crippen molar-refractivity contribution >= 4 is 33.3 Å². The number of nitrogens with one attached hydrogen (secondary N) is 2. The van der Waals surface area contributed by atoms with Crippen LogP contribution in [0, 0.1) is 6.92 Å². The second-order valence-electron chi connectivity index (χ2n) is 4.63. The number of carbonyl (C=O) groups excluding carboxylic acids is 1. The second kappa shape index (κ2) is 7.17. The van der Waals surface area contributed by atoms with Gasteiger partial charge in [-0.1, -0.05) is 22.9 Å². The van der Waals surface area contributed by atoms with Crippen LogP contribution in [0.15, 0.2) is 35.1 Å². The molecule has 1 aromatic heterocycles. The lowest BCUT2D eigenvalue weighted by Gasteiger charge is -2.08. The quantitative estimate of drug-likeness (QED) is 0.865. The smallest absolute Gasteiger partial charge is 0.274 e. The van der Waals surface area contributed by atoms with Crippen molar-refractivity contribution in [3.05, 3.63) is 46.3 Å². The number of halogens is 1. The van der Waals surface area contributed by atoms with Crippen LogP contribution in [0.4, 0.5) is 11.5 Å². The molecule has 6 heteroatoms. The summed E-state index contributed by atoms with van der Waals surface area (Å²) in [5.41, 5.74) is 2.13. The Labute approximate surface area is 132 Å². The molecule has 0 atom stereocenters. The van der Waals surface area contributed by atoms with Crippen molar-refractivity contribution in [1.29, 1.82) is 0 Å². The van der Waals surface area contributed by atoms with Crippen LogP contribution in [0.1, 0.15) is 29.4 Å². The molecule has 1 amide bonds. The van der Waals surface area contributed by atoms with Crippen LogP contribution in [0.5, 0.6) is 0 Å². The predicted molar refractivity (Wildman–Crippen MR) is 87.6 cm³/mol. The van der Waals surface area contributed by atoms with E-state index in [1.165, 1.54) is 6.33 Å². The van der Waals surface area contributed by atoms with Crippen LogP contribution in [-0.4, -0.2) is 22.4 Å². The van der Waals surface area contributed by atoms with Crippen LogP contribution in [-0.2, 0) is 0 Å². The number of benzene rings is 1. The van der Waals surface area contributed by atoms with E-state index in [0.29, 0.717) is 11.5 Å². The summed E-state index contributed by atoms with van der Waals surface area (Å²) in [5.74, 6) is 0.405. The molecule has 21 heavy (non-hydrogen) atoms. The van der Waals surface area contributed by atoms with E-state index in [1.807, 2.05) is 25.1 Å². The zero-order chi connectivity index (χ0) is 15.2. The first kappa shape index (κ1) is 15.4. The number of amides is 1. The van der Waals surface area contributed by atoms with E-state index in [2.05, 4.69) is 43.5 Å². The molecule has 0 aliphatic rings. The molecule has 0 saturated carbocycles. The lowest BCUT2D eigenvalue weighted by atomic mass is 10.2. The van der Waals surface area contributed by atoms with Gasteiger partial charge in [0.05, 0.1) is 0 Å². The van der Waals surface area contributed by atoms with Crippen LogP contribution in [0.3, 0.4) is 0 Å². The normalized spacial score (nSPS) is 10.2. The third-order valence-corrected chi connectivity index (χ3v) is 3.76. The van der Waals surface area contributed by atoms with Crippen molar-refractivity contribution in [3.8, 4) is 0 Å². The molecule has 1 heterocycles. The molecule has 0 fully saturated rings. The average molecular weight is 349 g/mol. The topological polar surface area (TPSA) is 66.9 Å². The van der Waals surface area contributed by atoms with E-state index in [1.54, 1.807) is 6.07 Å². The molecule has 0 unspecified atom stereocenters. The van der Waals surface area contributed by atoms with E-state index in [9.17, 15) is 4.79 Å². The molecule has 0 bridgehead atoms. The van der Waals surface area contributed by atoms with Crippen LogP contribution in [0.2, 0.25) is 0 Å². The van der Waals surface area contributed by atoms with Crippen LogP contribution < -0.4 is 10.6 Å². The maximum absolute atomic E-state index is 12.2. The number of rotatable bonds is 5. The van der Waals surface area contributed by atoms with Crippen LogP contribution >= 0.6 is 15.9 Å². The van der Waals surface area contributed by atoms with Crippen molar-refractivity contribution < 1.29 is 4.79 Å². The van der Waals surface area contributed by atoms with Crippen molar-refractivity contribution in [2.24, 2.45) is 0 Å². The number of hydrogen-bond donors (Lipinski definition) is 2. The molecule has 0 spiro atoms. The number of hydrogen-bond acceptors (Lipinski definition) is 4. The molecule has 110 valence electrons. The minimum absolute atomic E-state index is 0.251. The summed E-state index contributed by atoms with van der Waals surface area (Å²) in [6, 6.07) is 7.29. The van der Waals surface area contributed by atoms with Crippen molar-refractivity contribution in [2.75, 3.05) is 17.2 Å². The van der Waals surface area contributed by atoms with Crippen molar-refractivity contribution in [1.82, 2.24) is 9.97 Å². The minimum atomic E-state index is -0.251. The van der Waals surface area contributed by atoms with Gasteiger partial charge in [0.25, 0.3) is 5.91 Å². The highest BCUT2D eigenvalue weighted by molar-refractivity contribution is 9.10. The van der Waals surface area contributed by atoms with E-state index in [0.717, 1.165) is 28.7 Å². The van der Waals surface area contributed by atoms with Crippen LogP contribution in [0.25, 0.3) is 0 Å². The number of anilines is 2. The molecular weight excluding hydrogens is 332 g/mol. The standard InChI is InChI=1S/C15H17BrN4O/c1-3-6-17-14-8-13(18-9-19-14)15(21)20-11-4-5-12(16)10(2)7-11/h4-5,7-9H,3,6H2,1-2H3,(H,20,21)(H,17,18,19). The van der Waals surface area contributed by atoms with Crippen molar-refractivity contribution in [2.45, 2.75) is 20.3 Å². The summed E-state index contributed by atoms with van der Waals surface area (Å²) in [6.07, 6.45) is 2.38. The third kappa shape index (κ3) is 4.26. The molecule has 0 radical (unpaired) electrons. The molecule has 0 aliphatic carbocycles. The maximum Gasteiger partial charge on any atom is 0.274 e. The first-order valence-corrected chi connectivity index (χ1v) is 7.53. The number of aromatic nitrogens is 2. The molecule has 0 saturated heterocycles. The Bertz CT molecular complexity index is 645. The average Bonchev–Trinajstić information content (AvgIpc) is 2.49. The lowest BCUT2D eigenvalue weighted by molar-refractivity contribution is 0.102. The highest BCUT2D eigenvalue weighted by atomic mass is 79.9. The van der Waals surface area contributed by atoms with Gasteiger partial charge in [0.2, 0.25) is 0 Å². The molecule has 1 aromatic carbocycles. The number of aryl methyl sites for hydroxylation is 1. The van der Waals surface area contributed by atoms with Gasteiger partial charge in [-0.3, -0.25) is 4.79 Å². The monoisotopic (exact) mass is 348 g/mol. The SMILES string of the molecule is CCCNc1cc(C(=O)Nc2ccc(Br)c(C)c2)ncn1. The molecule has 0 aliphatic heterocycles. The van der Waals surface area contributed by atoms with Gasteiger partial charge >= 0.3 is 0 Å². The fraction of sp³-hybridized carbons (Fsp3) is 0.267. The summed E-state index contributed by atoms with van der Waals surface area (Å²) in [7, 11) is 0. The number of carbonyl (C=O) groups is 1. The largest absolute Gasteiger partial charge is 0.370 e. The van der Waals surface area contributed by atoms with Gasteiger partial charge in [0.15, 0.2) is 0 Å². The van der Waals surface area contributed by atoms with E-state index in [-0.39, 0.29) is 5.91 Å². The zero-order valence-corrected chi connectivity index (χ0v) is 13.6. The Morgan fingerprint density at radius 2 is 2.10 bits per heavy atom. The first-order chi connectivity index (χ1) is 10.1. The van der Waals surface area contributed by atoms with E-state index >= 15 is 0 Å². The minimum Gasteiger partial charge on any atom is -0.370 e. The lowest BCUT2D eigenvalue weighted by Crippen LogP contribution is -2.15. The van der Waals surface area contributed by atoms with Gasteiger partial charge in [-0.15, -0.1) is 0 Å². The summed E-state index contributed by atoms with van der Waals surface area (Å²) in [4.78, 5) is 20.3. The highest BCUT2D eigenvalue weighted by Crippen LogP contribution is 2.20. The highest BCUT2D eigenvalue weighted by Gasteiger charge is 2.09.